The lowest BCUT2D eigenvalue weighted by molar-refractivity contribution is -0.146. The van der Waals surface area contributed by atoms with Crippen molar-refractivity contribution in [1.82, 2.24) is 10.2 Å². The van der Waals surface area contributed by atoms with Gasteiger partial charge in [0.2, 0.25) is 0 Å². The van der Waals surface area contributed by atoms with Crippen LogP contribution in [-0.4, -0.2) is 44.1 Å². The van der Waals surface area contributed by atoms with Gasteiger partial charge in [-0.2, -0.15) is 0 Å². The highest BCUT2D eigenvalue weighted by Crippen LogP contribution is 2.25. The largest absolute Gasteiger partial charge is 0.469 e. The molecule has 0 aromatic heterocycles. The minimum absolute atomic E-state index is 0.00927. The van der Waals surface area contributed by atoms with Crippen LogP contribution in [0.4, 0.5) is 0 Å². The molecule has 0 radical (unpaired) electrons. The van der Waals surface area contributed by atoms with E-state index in [1.807, 2.05) is 36.4 Å². The quantitative estimate of drug-likeness (QED) is 0.480. The summed E-state index contributed by atoms with van der Waals surface area (Å²) in [4.78, 5) is 18.3. The molecule has 1 saturated heterocycles. The number of hydrogen-bond acceptors (Lipinski definition) is 3. The van der Waals surface area contributed by atoms with Crippen molar-refractivity contribution in [3.8, 4) is 11.1 Å². The molecule has 0 saturated carbocycles. The number of piperidine rings is 1. The van der Waals surface area contributed by atoms with Crippen molar-refractivity contribution in [3.63, 3.8) is 0 Å². The van der Waals surface area contributed by atoms with Gasteiger partial charge >= 0.3 is 5.97 Å². The number of carbonyl (C=O) groups excluding carboxylic acids is 1. The molecule has 2 aromatic carbocycles. The summed E-state index contributed by atoms with van der Waals surface area (Å²) in [6.45, 7) is 2.25. The van der Waals surface area contributed by atoms with E-state index in [0.29, 0.717) is 6.54 Å². The first-order valence-corrected chi connectivity index (χ1v) is 9.87. The number of rotatable bonds is 4. The SMILES string of the molecule is CN=C(NCc1ccccc1-c1ccc(Cl)cc1)N1CCC(C(=O)OC)CC1. The van der Waals surface area contributed by atoms with Crippen LogP contribution in [0.3, 0.4) is 0 Å². The van der Waals surface area contributed by atoms with Gasteiger partial charge in [-0.1, -0.05) is 48.0 Å². The van der Waals surface area contributed by atoms with Gasteiger partial charge < -0.3 is 15.0 Å². The van der Waals surface area contributed by atoms with Gasteiger partial charge in [0.25, 0.3) is 0 Å². The maximum Gasteiger partial charge on any atom is 0.308 e. The molecule has 0 aliphatic carbocycles. The van der Waals surface area contributed by atoms with Crippen LogP contribution in [0.25, 0.3) is 11.1 Å². The Bertz CT molecular complexity index is 828. The molecule has 0 unspecified atom stereocenters. The van der Waals surface area contributed by atoms with Gasteiger partial charge in [0.15, 0.2) is 5.96 Å². The molecule has 0 spiro atoms. The second kappa shape index (κ2) is 9.60. The van der Waals surface area contributed by atoms with Gasteiger partial charge in [-0.3, -0.25) is 9.79 Å². The van der Waals surface area contributed by atoms with E-state index in [2.05, 4.69) is 27.3 Å². The van der Waals surface area contributed by atoms with Crippen molar-refractivity contribution in [3.05, 3.63) is 59.1 Å². The average Bonchev–Trinajstić information content (AvgIpc) is 2.75. The summed E-state index contributed by atoms with van der Waals surface area (Å²) >= 11 is 6.02. The number of aliphatic imine (C=N–C) groups is 1. The fraction of sp³-hybridized carbons (Fsp3) is 0.364. The molecule has 1 fully saturated rings. The number of carbonyl (C=O) groups is 1. The van der Waals surface area contributed by atoms with Crippen LogP contribution in [0.5, 0.6) is 0 Å². The molecule has 3 rings (SSSR count). The molecule has 1 aliphatic rings. The third-order valence-corrected chi connectivity index (χ3v) is 5.40. The Balaban J connectivity index is 1.65. The van der Waals surface area contributed by atoms with E-state index in [4.69, 9.17) is 16.3 Å². The van der Waals surface area contributed by atoms with Crippen molar-refractivity contribution in [1.29, 1.82) is 0 Å². The van der Waals surface area contributed by atoms with Gasteiger partial charge in [0, 0.05) is 31.7 Å². The van der Waals surface area contributed by atoms with Crippen molar-refractivity contribution < 1.29 is 9.53 Å². The maximum atomic E-state index is 11.7. The molecule has 148 valence electrons. The van der Waals surface area contributed by atoms with Gasteiger partial charge in [-0.25, -0.2) is 0 Å². The molecule has 6 heteroatoms. The first-order chi connectivity index (χ1) is 13.6. The van der Waals surface area contributed by atoms with Gasteiger partial charge in [0.1, 0.15) is 0 Å². The lowest BCUT2D eigenvalue weighted by Gasteiger charge is -2.33. The molecule has 0 amide bonds. The maximum absolute atomic E-state index is 11.7. The Morgan fingerprint density at radius 2 is 1.86 bits per heavy atom. The molecule has 1 N–H and O–H groups in total. The lowest BCUT2D eigenvalue weighted by Crippen LogP contribution is -2.46. The summed E-state index contributed by atoms with van der Waals surface area (Å²) < 4.78 is 4.87. The molecule has 0 atom stereocenters. The molecule has 5 nitrogen and oxygen atoms in total. The Hall–Kier alpha value is -2.53. The summed E-state index contributed by atoms with van der Waals surface area (Å²) in [5.41, 5.74) is 3.50. The van der Waals surface area contributed by atoms with Crippen LogP contribution in [0, 0.1) is 5.92 Å². The number of guanidine groups is 1. The lowest BCUT2D eigenvalue weighted by atomic mass is 9.97. The predicted octanol–water partition coefficient (Wildman–Crippen LogP) is 3.97. The molecule has 1 aliphatic heterocycles. The molecule has 2 aromatic rings. The number of benzene rings is 2. The first-order valence-electron chi connectivity index (χ1n) is 9.49. The number of methoxy groups -OCH3 is 1. The van der Waals surface area contributed by atoms with Gasteiger partial charge in [-0.05, 0) is 41.7 Å². The number of ether oxygens (including phenoxy) is 1. The van der Waals surface area contributed by atoms with Gasteiger partial charge in [0.05, 0.1) is 13.0 Å². The fourth-order valence-electron chi connectivity index (χ4n) is 3.59. The van der Waals surface area contributed by atoms with Gasteiger partial charge in [-0.15, -0.1) is 0 Å². The Labute approximate surface area is 171 Å². The molecule has 0 bridgehead atoms. The van der Waals surface area contributed by atoms with Crippen LogP contribution in [0.15, 0.2) is 53.5 Å². The molecular formula is C22H26ClN3O2. The number of halogens is 1. The topological polar surface area (TPSA) is 53.9 Å². The number of nitrogens with one attached hydrogen (secondary N) is 1. The van der Waals surface area contributed by atoms with E-state index in [1.165, 1.54) is 18.2 Å². The normalized spacial score (nSPS) is 15.4. The van der Waals surface area contributed by atoms with E-state index >= 15 is 0 Å². The standard InChI is InChI=1S/C22H26ClN3O2/c1-24-22(26-13-11-17(12-14-26)21(27)28-2)25-15-18-5-3-4-6-20(18)16-7-9-19(23)10-8-16/h3-10,17H,11-15H2,1-2H3,(H,24,25). The second-order valence-corrected chi connectivity index (χ2v) is 7.29. The zero-order valence-electron chi connectivity index (χ0n) is 16.3. The number of hydrogen-bond donors (Lipinski definition) is 1. The van der Waals surface area contributed by atoms with Crippen LogP contribution < -0.4 is 5.32 Å². The van der Waals surface area contributed by atoms with E-state index in [1.54, 1.807) is 7.05 Å². The number of likely N-dealkylation sites (tertiary alicyclic amines) is 1. The minimum atomic E-state index is -0.112. The highest BCUT2D eigenvalue weighted by Gasteiger charge is 2.26. The van der Waals surface area contributed by atoms with Crippen LogP contribution >= 0.6 is 11.6 Å². The number of esters is 1. The second-order valence-electron chi connectivity index (χ2n) is 6.85. The van der Waals surface area contributed by atoms with Crippen LogP contribution in [0.2, 0.25) is 5.02 Å². The predicted molar refractivity (Wildman–Crippen MR) is 113 cm³/mol. The molecule has 1 heterocycles. The molecular weight excluding hydrogens is 374 g/mol. The average molecular weight is 400 g/mol. The van der Waals surface area contributed by atoms with E-state index < -0.39 is 0 Å². The van der Waals surface area contributed by atoms with Crippen molar-refractivity contribution >= 4 is 23.5 Å². The Morgan fingerprint density at radius 1 is 1.18 bits per heavy atom. The summed E-state index contributed by atoms with van der Waals surface area (Å²) in [7, 11) is 3.24. The minimum Gasteiger partial charge on any atom is -0.469 e. The van der Waals surface area contributed by atoms with E-state index in [9.17, 15) is 4.79 Å². The fourth-order valence-corrected chi connectivity index (χ4v) is 3.71. The highest BCUT2D eigenvalue weighted by molar-refractivity contribution is 6.30. The van der Waals surface area contributed by atoms with Crippen molar-refractivity contribution in [2.45, 2.75) is 19.4 Å². The van der Waals surface area contributed by atoms with Crippen molar-refractivity contribution in [2.24, 2.45) is 10.9 Å². The zero-order chi connectivity index (χ0) is 19.9. The molecule has 28 heavy (non-hydrogen) atoms. The van der Waals surface area contributed by atoms with Crippen LogP contribution in [-0.2, 0) is 16.1 Å². The summed E-state index contributed by atoms with van der Waals surface area (Å²) in [6, 6.07) is 16.2. The highest BCUT2D eigenvalue weighted by atomic mass is 35.5. The summed E-state index contributed by atoms with van der Waals surface area (Å²) in [5.74, 6) is 0.735. The third kappa shape index (κ3) is 4.84. The zero-order valence-corrected chi connectivity index (χ0v) is 17.1. The van der Waals surface area contributed by atoms with E-state index in [0.717, 1.165) is 42.5 Å². The van der Waals surface area contributed by atoms with Crippen molar-refractivity contribution in [2.75, 3.05) is 27.2 Å². The van der Waals surface area contributed by atoms with Crippen LogP contribution in [0.1, 0.15) is 18.4 Å². The summed E-state index contributed by atoms with van der Waals surface area (Å²) in [6.07, 6.45) is 1.57. The number of nitrogens with zero attached hydrogens (tertiary/aromatic N) is 2. The third-order valence-electron chi connectivity index (χ3n) is 5.15. The summed E-state index contributed by atoms with van der Waals surface area (Å²) in [5, 5.41) is 4.20. The smallest absolute Gasteiger partial charge is 0.308 e. The Kier molecular flexibility index (Phi) is 6.93. The monoisotopic (exact) mass is 399 g/mol. The first kappa shape index (κ1) is 20.2. The van der Waals surface area contributed by atoms with E-state index in [-0.39, 0.29) is 11.9 Å². The Morgan fingerprint density at radius 3 is 2.50 bits per heavy atom.